The molecule has 0 saturated carbocycles. The molecule has 1 saturated heterocycles. The van der Waals surface area contributed by atoms with Crippen LogP contribution >= 0.6 is 0 Å². The van der Waals surface area contributed by atoms with E-state index in [4.69, 9.17) is 0 Å². The summed E-state index contributed by atoms with van der Waals surface area (Å²) >= 11 is 0. The van der Waals surface area contributed by atoms with Gasteiger partial charge in [0.1, 0.15) is 0 Å². The van der Waals surface area contributed by atoms with Crippen molar-refractivity contribution in [3.63, 3.8) is 0 Å². The minimum atomic E-state index is -0.157. The fourth-order valence-electron chi connectivity index (χ4n) is 1.61. The van der Waals surface area contributed by atoms with Gasteiger partial charge in [0.25, 0.3) is 0 Å². The highest BCUT2D eigenvalue weighted by Crippen LogP contribution is 2.13. The molecule has 70 valence electrons. The highest BCUT2D eigenvalue weighted by Gasteiger charge is 2.14. The van der Waals surface area contributed by atoms with E-state index in [0.717, 1.165) is 26.1 Å². The maximum absolute atomic E-state index is 9.43. The number of rotatable bonds is 3. The van der Waals surface area contributed by atoms with Crippen molar-refractivity contribution >= 4 is 0 Å². The third-order valence-corrected chi connectivity index (χ3v) is 2.39. The van der Waals surface area contributed by atoms with Crippen molar-refractivity contribution in [3.8, 4) is 0 Å². The van der Waals surface area contributed by atoms with Crippen LogP contribution in [0.2, 0.25) is 0 Å². The highest BCUT2D eigenvalue weighted by molar-refractivity contribution is 5.00. The zero-order valence-electron chi connectivity index (χ0n) is 7.92. The zero-order chi connectivity index (χ0) is 8.97. The van der Waals surface area contributed by atoms with Gasteiger partial charge in [0.2, 0.25) is 0 Å². The fourth-order valence-corrected chi connectivity index (χ4v) is 1.61. The molecular weight excluding hydrogens is 150 g/mol. The number of aliphatic hydroxyl groups excluding tert-OH is 1. The van der Waals surface area contributed by atoms with Crippen LogP contribution in [0.4, 0.5) is 0 Å². The lowest BCUT2D eigenvalue weighted by molar-refractivity contribution is 0.108. The van der Waals surface area contributed by atoms with Crippen LogP contribution in [-0.4, -0.2) is 35.7 Å². The summed E-state index contributed by atoms with van der Waals surface area (Å²) in [7, 11) is 0. The van der Waals surface area contributed by atoms with Gasteiger partial charge in [0.15, 0.2) is 0 Å². The smallest absolute Gasteiger partial charge is 0.0664 e. The van der Waals surface area contributed by atoms with Crippen molar-refractivity contribution in [3.05, 3.63) is 12.2 Å². The summed E-state index contributed by atoms with van der Waals surface area (Å²) in [6, 6.07) is 0. The highest BCUT2D eigenvalue weighted by atomic mass is 16.3. The van der Waals surface area contributed by atoms with Gasteiger partial charge in [-0.3, -0.25) is 4.90 Å². The number of hydrogen-bond acceptors (Lipinski definition) is 2. The second kappa shape index (κ2) is 4.63. The second-order valence-electron chi connectivity index (χ2n) is 3.65. The molecule has 0 radical (unpaired) electrons. The Morgan fingerprint density at radius 2 is 2.42 bits per heavy atom. The van der Waals surface area contributed by atoms with Gasteiger partial charge < -0.3 is 5.11 Å². The molecule has 0 aliphatic carbocycles. The van der Waals surface area contributed by atoms with Crippen LogP contribution in [0.25, 0.3) is 0 Å². The average Bonchev–Trinajstić information content (AvgIpc) is 2.04. The lowest BCUT2D eigenvalue weighted by Gasteiger charge is -2.29. The molecule has 2 nitrogen and oxygen atoms in total. The van der Waals surface area contributed by atoms with Crippen molar-refractivity contribution < 1.29 is 5.11 Å². The number of piperidine rings is 1. The van der Waals surface area contributed by atoms with E-state index in [1.165, 1.54) is 18.4 Å². The third kappa shape index (κ3) is 2.95. The van der Waals surface area contributed by atoms with Crippen LogP contribution < -0.4 is 0 Å². The lowest BCUT2D eigenvalue weighted by atomic mass is 10.1. The monoisotopic (exact) mass is 169 g/mol. The first-order valence-corrected chi connectivity index (χ1v) is 4.79. The summed E-state index contributed by atoms with van der Waals surface area (Å²) in [5.74, 6) is 0. The lowest BCUT2D eigenvalue weighted by Crippen LogP contribution is -2.36. The molecule has 1 rings (SSSR count). The predicted molar refractivity (Wildman–Crippen MR) is 51.1 cm³/mol. The van der Waals surface area contributed by atoms with Crippen molar-refractivity contribution in [2.45, 2.75) is 32.3 Å². The molecule has 0 aromatic rings. The van der Waals surface area contributed by atoms with E-state index < -0.39 is 0 Å². The van der Waals surface area contributed by atoms with Gasteiger partial charge in [-0.2, -0.15) is 0 Å². The summed E-state index contributed by atoms with van der Waals surface area (Å²) < 4.78 is 0. The fraction of sp³-hybridized carbons (Fsp3) is 0.800. The number of hydrogen-bond donors (Lipinski definition) is 1. The Kier molecular flexibility index (Phi) is 3.76. The van der Waals surface area contributed by atoms with Crippen molar-refractivity contribution in [2.24, 2.45) is 0 Å². The van der Waals surface area contributed by atoms with Crippen molar-refractivity contribution in [1.82, 2.24) is 4.90 Å². The maximum Gasteiger partial charge on any atom is 0.0664 e. The number of aliphatic hydroxyl groups is 1. The van der Waals surface area contributed by atoms with Gasteiger partial charge in [0, 0.05) is 13.1 Å². The van der Waals surface area contributed by atoms with Gasteiger partial charge in [-0.25, -0.2) is 0 Å². The normalized spacial score (nSPS) is 22.7. The van der Waals surface area contributed by atoms with Crippen LogP contribution in [0.3, 0.4) is 0 Å². The minimum absolute atomic E-state index is 0.157. The molecule has 0 bridgehead atoms. The molecule has 1 aliphatic rings. The molecule has 1 N–H and O–H groups in total. The van der Waals surface area contributed by atoms with E-state index in [2.05, 4.69) is 11.5 Å². The maximum atomic E-state index is 9.43. The topological polar surface area (TPSA) is 23.5 Å². The number of nitrogens with zero attached hydrogens (tertiary/aromatic N) is 1. The van der Waals surface area contributed by atoms with Crippen LogP contribution in [0, 0.1) is 0 Å². The molecule has 0 amide bonds. The number of β-amino-alcohol motifs (C(OH)–C–C–N with tert-alkyl or cyclic N) is 1. The average molecular weight is 169 g/mol. The quantitative estimate of drug-likeness (QED) is 0.646. The SMILES string of the molecule is C=C1CCCN(C[C@@H](O)CC)C1. The second-order valence-corrected chi connectivity index (χ2v) is 3.65. The van der Waals surface area contributed by atoms with Crippen LogP contribution in [0.5, 0.6) is 0 Å². The largest absolute Gasteiger partial charge is 0.392 e. The Labute approximate surface area is 74.9 Å². The Hall–Kier alpha value is -0.340. The summed E-state index contributed by atoms with van der Waals surface area (Å²) in [5, 5.41) is 9.43. The molecule has 1 atom stereocenters. The van der Waals surface area contributed by atoms with E-state index in [1.54, 1.807) is 0 Å². The first-order chi connectivity index (χ1) is 5.72. The minimum Gasteiger partial charge on any atom is -0.392 e. The molecule has 1 aliphatic heterocycles. The Bertz CT molecular complexity index is 156. The Morgan fingerprint density at radius 3 is 3.00 bits per heavy atom. The molecule has 1 fully saturated rings. The molecule has 0 unspecified atom stereocenters. The van der Waals surface area contributed by atoms with Gasteiger partial charge in [-0.05, 0) is 25.8 Å². The van der Waals surface area contributed by atoms with E-state index >= 15 is 0 Å². The van der Waals surface area contributed by atoms with Crippen molar-refractivity contribution in [2.75, 3.05) is 19.6 Å². The van der Waals surface area contributed by atoms with E-state index in [9.17, 15) is 5.11 Å². The van der Waals surface area contributed by atoms with Gasteiger partial charge in [-0.1, -0.05) is 19.1 Å². The summed E-state index contributed by atoms with van der Waals surface area (Å²) in [6.07, 6.45) is 3.06. The van der Waals surface area contributed by atoms with E-state index in [-0.39, 0.29) is 6.10 Å². The predicted octanol–water partition coefficient (Wildman–Crippen LogP) is 1.41. The molecule has 0 spiro atoms. The van der Waals surface area contributed by atoms with Gasteiger partial charge in [0.05, 0.1) is 6.10 Å². The first kappa shape index (κ1) is 9.75. The van der Waals surface area contributed by atoms with Crippen molar-refractivity contribution in [1.29, 1.82) is 0 Å². The number of likely N-dealkylation sites (tertiary alicyclic amines) is 1. The summed E-state index contributed by atoms with van der Waals surface area (Å²) in [5.41, 5.74) is 1.31. The summed E-state index contributed by atoms with van der Waals surface area (Å²) in [6.45, 7) is 8.91. The standard InChI is InChI=1S/C10H19NO/c1-3-10(12)8-11-6-4-5-9(2)7-11/h10,12H,2-8H2,1H3/t10-/m0/s1. The van der Waals surface area contributed by atoms with E-state index in [1.807, 2.05) is 6.92 Å². The Morgan fingerprint density at radius 1 is 1.67 bits per heavy atom. The van der Waals surface area contributed by atoms with E-state index in [0.29, 0.717) is 0 Å². The van der Waals surface area contributed by atoms with Crippen LogP contribution in [0.15, 0.2) is 12.2 Å². The van der Waals surface area contributed by atoms with Gasteiger partial charge >= 0.3 is 0 Å². The first-order valence-electron chi connectivity index (χ1n) is 4.79. The Balaban J connectivity index is 2.27. The molecule has 0 aromatic heterocycles. The summed E-state index contributed by atoms with van der Waals surface area (Å²) in [4.78, 5) is 2.29. The molecular formula is C10H19NO. The molecule has 2 heteroatoms. The molecule has 12 heavy (non-hydrogen) atoms. The van der Waals surface area contributed by atoms with Gasteiger partial charge in [-0.15, -0.1) is 0 Å². The third-order valence-electron chi connectivity index (χ3n) is 2.39. The molecule has 1 heterocycles. The van der Waals surface area contributed by atoms with Crippen LogP contribution in [0.1, 0.15) is 26.2 Å². The molecule has 0 aromatic carbocycles. The zero-order valence-corrected chi connectivity index (χ0v) is 7.92. The van der Waals surface area contributed by atoms with Crippen LogP contribution in [-0.2, 0) is 0 Å².